The summed E-state index contributed by atoms with van der Waals surface area (Å²) in [6.45, 7) is 4.87. The average Bonchev–Trinajstić information content (AvgIpc) is 3.30. The third-order valence-electron chi connectivity index (χ3n) is 5.52. The van der Waals surface area contributed by atoms with Crippen LogP contribution in [0.25, 0.3) is 10.4 Å². The molecule has 0 unspecified atom stereocenters. The molecule has 1 saturated heterocycles. The number of hydrogen-bond donors (Lipinski definition) is 1. The van der Waals surface area contributed by atoms with E-state index in [4.69, 9.17) is 0 Å². The highest BCUT2D eigenvalue weighted by molar-refractivity contribution is 7.90. The molecule has 0 amide bonds. The van der Waals surface area contributed by atoms with Gasteiger partial charge in [0.15, 0.2) is 0 Å². The molecule has 2 aliphatic rings. The number of aromatic nitrogens is 1. The molecule has 0 aliphatic carbocycles. The van der Waals surface area contributed by atoms with E-state index in [0.717, 1.165) is 48.9 Å². The van der Waals surface area contributed by atoms with Gasteiger partial charge in [0.25, 0.3) is 10.0 Å². The van der Waals surface area contributed by atoms with Gasteiger partial charge in [-0.2, -0.15) is 8.42 Å². The maximum atomic E-state index is 12.8. The molecular formula is C22H23N5O2S2. The summed E-state index contributed by atoms with van der Waals surface area (Å²) in [6, 6.07) is 15.4. The van der Waals surface area contributed by atoms with E-state index < -0.39 is 10.0 Å². The normalized spacial score (nSPS) is 18.8. The standard InChI is InChI=1S/C22H23N5O2S2/c28-31(29)21-14-17(20-5-3-13-30-20)6-7-19(21)24-22(25-31)16-27-11-9-26(10-12-27)15-18-4-1-2-8-23-18/h1-8,13-14H,9-12,15-16H2,(H,24,25). The molecule has 0 spiro atoms. The molecule has 2 aliphatic heterocycles. The Hall–Kier alpha value is -2.59. The molecule has 4 heterocycles. The van der Waals surface area contributed by atoms with Gasteiger partial charge in [-0.25, -0.2) is 0 Å². The summed E-state index contributed by atoms with van der Waals surface area (Å²) in [4.78, 5) is 10.3. The van der Waals surface area contributed by atoms with Crippen LogP contribution in [0.3, 0.4) is 0 Å². The molecule has 5 rings (SSSR count). The van der Waals surface area contributed by atoms with Crippen LogP contribution in [0.2, 0.25) is 0 Å². The van der Waals surface area contributed by atoms with Crippen LogP contribution < -0.4 is 5.32 Å². The van der Waals surface area contributed by atoms with Crippen LogP contribution in [-0.2, 0) is 16.6 Å². The van der Waals surface area contributed by atoms with E-state index in [1.165, 1.54) is 0 Å². The highest BCUT2D eigenvalue weighted by Crippen LogP contribution is 2.33. The van der Waals surface area contributed by atoms with E-state index in [1.54, 1.807) is 17.4 Å². The number of nitrogens with zero attached hydrogens (tertiary/aromatic N) is 4. The van der Waals surface area contributed by atoms with Gasteiger partial charge in [-0.1, -0.05) is 18.2 Å². The highest BCUT2D eigenvalue weighted by atomic mass is 32.2. The zero-order valence-electron chi connectivity index (χ0n) is 16.9. The van der Waals surface area contributed by atoms with Crippen molar-refractivity contribution in [1.29, 1.82) is 0 Å². The molecule has 3 aromatic rings. The first-order valence-corrected chi connectivity index (χ1v) is 12.5. The Kier molecular flexibility index (Phi) is 5.58. The lowest BCUT2D eigenvalue weighted by Gasteiger charge is -2.35. The zero-order valence-corrected chi connectivity index (χ0v) is 18.6. The van der Waals surface area contributed by atoms with Gasteiger partial charge in [0.2, 0.25) is 0 Å². The highest BCUT2D eigenvalue weighted by Gasteiger charge is 2.27. The first kappa shape index (κ1) is 20.3. The second kappa shape index (κ2) is 8.51. The monoisotopic (exact) mass is 453 g/mol. The summed E-state index contributed by atoms with van der Waals surface area (Å²) >= 11 is 1.59. The van der Waals surface area contributed by atoms with E-state index in [2.05, 4.69) is 24.5 Å². The summed E-state index contributed by atoms with van der Waals surface area (Å²) in [5.41, 5.74) is 2.56. The number of anilines is 1. The zero-order chi connectivity index (χ0) is 21.3. The van der Waals surface area contributed by atoms with Gasteiger partial charge in [0.1, 0.15) is 10.7 Å². The molecule has 1 N–H and O–H groups in total. The summed E-state index contributed by atoms with van der Waals surface area (Å²) in [5, 5.41) is 5.21. The van der Waals surface area contributed by atoms with Crippen molar-refractivity contribution in [3.8, 4) is 10.4 Å². The van der Waals surface area contributed by atoms with Gasteiger partial charge >= 0.3 is 0 Å². The fourth-order valence-corrected chi connectivity index (χ4v) is 5.80. The van der Waals surface area contributed by atoms with Gasteiger partial charge in [0, 0.05) is 43.8 Å². The maximum absolute atomic E-state index is 12.8. The average molecular weight is 454 g/mol. The minimum atomic E-state index is -3.72. The Morgan fingerprint density at radius 2 is 1.77 bits per heavy atom. The molecule has 0 atom stereocenters. The number of nitrogens with one attached hydrogen (secondary N) is 1. The maximum Gasteiger partial charge on any atom is 0.286 e. The molecule has 0 bridgehead atoms. The molecule has 0 saturated carbocycles. The van der Waals surface area contributed by atoms with Gasteiger partial charge in [-0.05, 0) is 41.3 Å². The Labute approximate surface area is 186 Å². The molecule has 2 aromatic heterocycles. The number of fused-ring (bicyclic) bond motifs is 1. The first-order valence-electron chi connectivity index (χ1n) is 10.2. The molecule has 7 nitrogen and oxygen atoms in total. The fourth-order valence-electron chi connectivity index (χ4n) is 3.91. The van der Waals surface area contributed by atoms with Gasteiger partial charge < -0.3 is 5.32 Å². The van der Waals surface area contributed by atoms with Crippen LogP contribution in [0.1, 0.15) is 5.69 Å². The lowest BCUT2D eigenvalue weighted by atomic mass is 10.1. The van der Waals surface area contributed by atoms with Crippen LogP contribution in [-0.4, -0.2) is 61.8 Å². The van der Waals surface area contributed by atoms with Crippen molar-refractivity contribution in [2.24, 2.45) is 4.40 Å². The number of benzene rings is 1. The predicted molar refractivity (Wildman–Crippen MR) is 124 cm³/mol. The Bertz CT molecular complexity index is 1190. The second-order valence-corrected chi connectivity index (χ2v) is 10.2. The van der Waals surface area contributed by atoms with E-state index >= 15 is 0 Å². The Morgan fingerprint density at radius 1 is 0.968 bits per heavy atom. The lowest BCUT2D eigenvalue weighted by molar-refractivity contribution is 0.139. The quantitative estimate of drug-likeness (QED) is 0.640. The van der Waals surface area contributed by atoms with Crippen LogP contribution in [0.4, 0.5) is 5.69 Å². The fraction of sp³-hybridized carbons (Fsp3) is 0.273. The van der Waals surface area contributed by atoms with Gasteiger partial charge in [0.05, 0.1) is 17.9 Å². The Balaban J connectivity index is 1.24. The van der Waals surface area contributed by atoms with E-state index in [0.29, 0.717) is 18.1 Å². The smallest absolute Gasteiger partial charge is 0.286 e. The molecule has 1 fully saturated rings. The van der Waals surface area contributed by atoms with E-state index in [9.17, 15) is 8.42 Å². The first-order chi connectivity index (χ1) is 15.1. The molecule has 0 radical (unpaired) electrons. The van der Waals surface area contributed by atoms with Crippen molar-refractivity contribution < 1.29 is 8.42 Å². The van der Waals surface area contributed by atoms with Crippen LogP contribution in [0, 0.1) is 0 Å². The van der Waals surface area contributed by atoms with Crippen LogP contribution in [0.15, 0.2) is 69.4 Å². The third kappa shape index (κ3) is 4.54. The third-order valence-corrected chi connectivity index (χ3v) is 7.80. The molecule has 160 valence electrons. The predicted octanol–water partition coefficient (Wildman–Crippen LogP) is 3.14. The number of hydrogen-bond acceptors (Lipinski definition) is 7. The number of thiophene rings is 1. The van der Waals surface area contributed by atoms with Gasteiger partial charge in [-0.3, -0.25) is 14.8 Å². The number of piperazine rings is 1. The minimum Gasteiger partial charge on any atom is -0.341 e. The number of sulfonamides is 1. The SMILES string of the molecule is O=S1(=O)N=C(CN2CCN(Cc3ccccn3)CC2)Nc2ccc(-c3cccs3)cc21. The minimum absolute atomic E-state index is 0.238. The number of pyridine rings is 1. The summed E-state index contributed by atoms with van der Waals surface area (Å²) in [5.74, 6) is 0.481. The molecule has 1 aromatic carbocycles. The molecule has 9 heteroatoms. The second-order valence-electron chi connectivity index (χ2n) is 7.70. The van der Waals surface area contributed by atoms with Crippen LogP contribution in [0.5, 0.6) is 0 Å². The van der Waals surface area contributed by atoms with Crippen molar-refractivity contribution in [2.75, 3.05) is 38.0 Å². The largest absolute Gasteiger partial charge is 0.341 e. The molecule has 31 heavy (non-hydrogen) atoms. The summed E-state index contributed by atoms with van der Waals surface area (Å²) in [7, 11) is -3.72. The number of amidine groups is 1. The number of rotatable bonds is 5. The van der Waals surface area contributed by atoms with Gasteiger partial charge in [-0.15, -0.1) is 15.7 Å². The van der Waals surface area contributed by atoms with Crippen molar-refractivity contribution >= 4 is 32.9 Å². The molecular weight excluding hydrogens is 430 g/mol. The van der Waals surface area contributed by atoms with Crippen LogP contribution >= 0.6 is 11.3 Å². The topological polar surface area (TPSA) is 77.9 Å². The van der Waals surface area contributed by atoms with E-state index in [1.807, 2.05) is 54.0 Å². The van der Waals surface area contributed by atoms with E-state index in [-0.39, 0.29) is 4.90 Å². The Morgan fingerprint density at radius 3 is 2.48 bits per heavy atom. The summed E-state index contributed by atoms with van der Waals surface area (Å²) in [6.07, 6.45) is 1.82. The van der Waals surface area contributed by atoms with Crippen molar-refractivity contribution in [3.05, 3.63) is 65.8 Å². The van der Waals surface area contributed by atoms with Crippen molar-refractivity contribution in [1.82, 2.24) is 14.8 Å². The van der Waals surface area contributed by atoms with Crippen molar-refractivity contribution in [2.45, 2.75) is 11.4 Å². The lowest BCUT2D eigenvalue weighted by Crippen LogP contribution is -2.48. The van der Waals surface area contributed by atoms with Crippen molar-refractivity contribution in [3.63, 3.8) is 0 Å². The summed E-state index contributed by atoms with van der Waals surface area (Å²) < 4.78 is 29.8.